The molecular formula is C18H18FN3O3. The van der Waals surface area contributed by atoms with Gasteiger partial charge in [0.1, 0.15) is 11.4 Å². The monoisotopic (exact) mass is 343 g/mol. The second kappa shape index (κ2) is 6.31. The number of halogens is 1. The Bertz CT molecular complexity index is 798. The predicted octanol–water partition coefficient (Wildman–Crippen LogP) is 2.38. The second-order valence-corrected chi connectivity index (χ2v) is 6.61. The number of ether oxygens (including phenoxy) is 1. The van der Waals surface area contributed by atoms with Gasteiger partial charge in [-0.15, -0.1) is 0 Å². The number of aromatic amines is 1. The molecule has 1 aliphatic heterocycles. The third kappa shape index (κ3) is 3.26. The highest BCUT2D eigenvalue weighted by molar-refractivity contribution is 5.95. The van der Waals surface area contributed by atoms with Gasteiger partial charge in [-0.2, -0.15) is 5.10 Å². The van der Waals surface area contributed by atoms with E-state index < -0.39 is 5.97 Å². The summed E-state index contributed by atoms with van der Waals surface area (Å²) >= 11 is 0. The van der Waals surface area contributed by atoms with Crippen molar-refractivity contribution in [1.29, 1.82) is 0 Å². The maximum Gasteiger partial charge on any atom is 0.341 e. The van der Waals surface area contributed by atoms with E-state index in [9.17, 15) is 14.0 Å². The van der Waals surface area contributed by atoms with Gasteiger partial charge in [-0.25, -0.2) is 9.18 Å². The number of nitrogens with zero attached hydrogens (tertiary/aromatic N) is 2. The van der Waals surface area contributed by atoms with E-state index in [4.69, 9.17) is 4.74 Å². The summed E-state index contributed by atoms with van der Waals surface area (Å²) in [6, 6.07) is 6.18. The van der Waals surface area contributed by atoms with Crippen molar-refractivity contribution in [3.63, 3.8) is 0 Å². The molecule has 7 heteroatoms. The van der Waals surface area contributed by atoms with Crippen molar-refractivity contribution in [3.8, 4) is 11.3 Å². The molecule has 0 radical (unpaired) electrons. The summed E-state index contributed by atoms with van der Waals surface area (Å²) in [5.74, 6) is -0.652. The summed E-state index contributed by atoms with van der Waals surface area (Å²) < 4.78 is 18.5. The molecule has 1 saturated heterocycles. The van der Waals surface area contributed by atoms with Crippen LogP contribution in [-0.4, -0.2) is 46.2 Å². The molecule has 6 nitrogen and oxygen atoms in total. The number of amides is 1. The lowest BCUT2D eigenvalue weighted by atomic mass is 10.1. The number of nitrogens with one attached hydrogen (secondary N) is 1. The molecule has 2 aromatic rings. The smallest absolute Gasteiger partial charge is 0.341 e. The molecular weight excluding hydrogens is 325 g/mol. The van der Waals surface area contributed by atoms with Crippen LogP contribution < -0.4 is 0 Å². The third-order valence-electron chi connectivity index (χ3n) is 4.67. The highest BCUT2D eigenvalue weighted by Crippen LogP contribution is 2.32. The Morgan fingerprint density at radius 1 is 1.32 bits per heavy atom. The van der Waals surface area contributed by atoms with E-state index in [1.807, 2.05) is 4.90 Å². The first-order valence-electron chi connectivity index (χ1n) is 8.37. The van der Waals surface area contributed by atoms with E-state index in [-0.39, 0.29) is 24.2 Å². The van der Waals surface area contributed by atoms with Gasteiger partial charge in [0.25, 0.3) is 0 Å². The molecule has 1 aliphatic carbocycles. The minimum Gasteiger partial charge on any atom is -0.462 e. The van der Waals surface area contributed by atoms with Crippen LogP contribution in [0.15, 0.2) is 30.5 Å². The summed E-state index contributed by atoms with van der Waals surface area (Å²) in [6.07, 6.45) is 3.99. The van der Waals surface area contributed by atoms with Gasteiger partial charge >= 0.3 is 5.97 Å². The van der Waals surface area contributed by atoms with E-state index >= 15 is 0 Å². The number of carbonyl (C=O) groups excluding carboxylic acids is 2. The lowest BCUT2D eigenvalue weighted by molar-refractivity contribution is -0.128. The fourth-order valence-corrected chi connectivity index (χ4v) is 3.21. The Hall–Kier alpha value is -2.70. The zero-order valence-electron chi connectivity index (χ0n) is 13.6. The Morgan fingerprint density at radius 3 is 2.80 bits per heavy atom. The number of hydrogen-bond donors (Lipinski definition) is 1. The number of hydrogen-bond acceptors (Lipinski definition) is 4. The minimum absolute atomic E-state index is 0.0400. The molecule has 1 N–H and O–H groups in total. The molecule has 2 heterocycles. The molecule has 1 aromatic heterocycles. The molecule has 130 valence electrons. The summed E-state index contributed by atoms with van der Waals surface area (Å²) in [5, 5.41) is 6.65. The Kier molecular flexibility index (Phi) is 3.99. The van der Waals surface area contributed by atoms with Crippen LogP contribution in [0.5, 0.6) is 0 Å². The molecule has 2 fully saturated rings. The van der Waals surface area contributed by atoms with Crippen molar-refractivity contribution in [1.82, 2.24) is 15.1 Å². The zero-order chi connectivity index (χ0) is 17.4. The minimum atomic E-state index is -0.495. The van der Waals surface area contributed by atoms with Crippen LogP contribution >= 0.6 is 0 Å². The molecule has 0 bridgehead atoms. The molecule has 25 heavy (non-hydrogen) atoms. The van der Waals surface area contributed by atoms with Gasteiger partial charge in [-0.05, 0) is 37.1 Å². The number of H-pyrrole nitrogens is 1. The van der Waals surface area contributed by atoms with Crippen molar-refractivity contribution < 1.29 is 18.7 Å². The fraction of sp³-hybridized carbons (Fsp3) is 0.389. The van der Waals surface area contributed by atoms with Gasteiger partial charge in [0, 0.05) is 30.5 Å². The Morgan fingerprint density at radius 2 is 2.08 bits per heavy atom. The van der Waals surface area contributed by atoms with E-state index in [0.717, 1.165) is 12.8 Å². The molecule has 1 aromatic carbocycles. The van der Waals surface area contributed by atoms with Crippen LogP contribution in [-0.2, 0) is 9.53 Å². The number of likely N-dealkylation sites (tertiary alicyclic amines) is 1. The highest BCUT2D eigenvalue weighted by Gasteiger charge is 2.39. The van der Waals surface area contributed by atoms with Crippen molar-refractivity contribution in [3.05, 3.63) is 41.8 Å². The molecule has 1 saturated carbocycles. The average molecular weight is 343 g/mol. The van der Waals surface area contributed by atoms with Crippen LogP contribution in [0.25, 0.3) is 11.3 Å². The maximum atomic E-state index is 13.1. The maximum absolute atomic E-state index is 13.1. The number of rotatable bonds is 5. The quantitative estimate of drug-likeness (QED) is 0.846. The van der Waals surface area contributed by atoms with Gasteiger partial charge < -0.3 is 9.64 Å². The fourth-order valence-electron chi connectivity index (χ4n) is 3.21. The van der Waals surface area contributed by atoms with E-state index in [2.05, 4.69) is 10.2 Å². The van der Waals surface area contributed by atoms with Crippen molar-refractivity contribution in [2.45, 2.75) is 25.3 Å². The first-order chi connectivity index (χ1) is 12.1. The van der Waals surface area contributed by atoms with Gasteiger partial charge in [0.05, 0.1) is 18.5 Å². The third-order valence-corrected chi connectivity index (χ3v) is 4.67. The lowest BCUT2D eigenvalue weighted by Gasteiger charge is -2.15. The van der Waals surface area contributed by atoms with E-state index in [1.54, 1.807) is 12.1 Å². The van der Waals surface area contributed by atoms with E-state index in [1.165, 1.54) is 18.3 Å². The summed E-state index contributed by atoms with van der Waals surface area (Å²) in [6.45, 7) is 0.870. The van der Waals surface area contributed by atoms with Gasteiger partial charge in [-0.1, -0.05) is 0 Å². The first kappa shape index (κ1) is 15.8. The van der Waals surface area contributed by atoms with Crippen molar-refractivity contribution in [2.75, 3.05) is 13.2 Å². The summed E-state index contributed by atoms with van der Waals surface area (Å²) in [4.78, 5) is 26.2. The summed E-state index contributed by atoms with van der Waals surface area (Å²) in [5.41, 5.74) is 1.45. The summed E-state index contributed by atoms with van der Waals surface area (Å²) in [7, 11) is 0. The van der Waals surface area contributed by atoms with Gasteiger partial charge in [0.2, 0.25) is 5.91 Å². The van der Waals surface area contributed by atoms with Crippen molar-refractivity contribution >= 4 is 11.9 Å². The molecule has 1 atom stereocenters. The number of carbonyl (C=O) groups is 2. The number of esters is 1. The molecule has 1 unspecified atom stereocenters. The SMILES string of the molecule is O=C(OCC1CC(=O)N(C2CC2)C1)c1cn[nH]c1-c1ccc(F)cc1. The predicted molar refractivity (Wildman–Crippen MR) is 87.1 cm³/mol. The van der Waals surface area contributed by atoms with E-state index in [0.29, 0.717) is 35.8 Å². The standard InChI is InChI=1S/C18H18FN3O3/c19-13-3-1-12(2-4-13)17-15(8-20-21-17)18(24)25-10-11-7-16(23)22(9-11)14-5-6-14/h1-4,8,11,14H,5-7,9-10H2,(H,20,21). The first-order valence-corrected chi connectivity index (χ1v) is 8.37. The van der Waals surface area contributed by atoms with Crippen LogP contribution in [0.2, 0.25) is 0 Å². The lowest BCUT2D eigenvalue weighted by Crippen LogP contribution is -2.27. The number of benzene rings is 1. The average Bonchev–Trinajstić information content (AvgIpc) is 3.20. The van der Waals surface area contributed by atoms with Crippen LogP contribution in [0.3, 0.4) is 0 Å². The molecule has 0 spiro atoms. The number of aromatic nitrogens is 2. The second-order valence-electron chi connectivity index (χ2n) is 6.61. The highest BCUT2D eigenvalue weighted by atomic mass is 19.1. The van der Waals surface area contributed by atoms with Crippen LogP contribution in [0.1, 0.15) is 29.6 Å². The van der Waals surface area contributed by atoms with Crippen LogP contribution in [0, 0.1) is 11.7 Å². The Balaban J connectivity index is 1.40. The molecule has 1 amide bonds. The zero-order valence-corrected chi connectivity index (χ0v) is 13.6. The van der Waals surface area contributed by atoms with Gasteiger partial charge in [-0.3, -0.25) is 9.89 Å². The molecule has 2 aliphatic rings. The van der Waals surface area contributed by atoms with Crippen molar-refractivity contribution in [2.24, 2.45) is 5.92 Å². The van der Waals surface area contributed by atoms with Gasteiger partial charge in [0.15, 0.2) is 0 Å². The topological polar surface area (TPSA) is 75.3 Å². The largest absolute Gasteiger partial charge is 0.462 e. The Labute approximate surface area is 144 Å². The van der Waals surface area contributed by atoms with Crippen LogP contribution in [0.4, 0.5) is 4.39 Å². The normalized spacial score (nSPS) is 20.1. The molecule has 4 rings (SSSR count).